The molecule has 0 atom stereocenters. The minimum Gasteiger partial charge on any atom is -0.481 e. The minimum absolute atomic E-state index is 0.0682. The maximum absolute atomic E-state index is 12.3. The molecule has 2 aromatic rings. The van der Waals surface area contributed by atoms with Gasteiger partial charge in [-0.3, -0.25) is 4.79 Å². The van der Waals surface area contributed by atoms with Crippen molar-refractivity contribution in [3.63, 3.8) is 0 Å². The van der Waals surface area contributed by atoms with Crippen LogP contribution in [0.2, 0.25) is 0 Å². The Morgan fingerprint density at radius 1 is 1.21 bits per heavy atom. The lowest BCUT2D eigenvalue weighted by molar-refractivity contribution is 0.0951. The van der Waals surface area contributed by atoms with Crippen LogP contribution < -0.4 is 10.1 Å². The van der Waals surface area contributed by atoms with Gasteiger partial charge in [-0.15, -0.1) is 23.5 Å². The average molecular weight is 361 g/mol. The van der Waals surface area contributed by atoms with Crippen molar-refractivity contribution in [3.05, 3.63) is 59.3 Å². The Morgan fingerprint density at radius 2 is 1.96 bits per heavy atom. The van der Waals surface area contributed by atoms with E-state index in [-0.39, 0.29) is 5.91 Å². The van der Waals surface area contributed by atoms with Crippen LogP contribution >= 0.6 is 23.5 Å². The van der Waals surface area contributed by atoms with Gasteiger partial charge in [0.1, 0.15) is 0 Å². The van der Waals surface area contributed by atoms with E-state index in [1.54, 1.807) is 19.4 Å². The molecule has 4 nitrogen and oxygen atoms in total. The molecule has 0 radical (unpaired) electrons. The smallest absolute Gasteiger partial charge is 0.251 e. The lowest BCUT2D eigenvalue weighted by Crippen LogP contribution is -2.22. The summed E-state index contributed by atoms with van der Waals surface area (Å²) < 4.78 is 5.52. The fourth-order valence-corrected chi connectivity index (χ4v) is 5.29. The molecule has 126 valence electrons. The lowest BCUT2D eigenvalue weighted by Gasteiger charge is -2.21. The van der Waals surface area contributed by atoms with Crippen molar-refractivity contribution in [1.29, 1.82) is 0 Å². The molecular weight excluding hydrogens is 340 g/mol. The molecule has 1 amide bonds. The van der Waals surface area contributed by atoms with Crippen molar-refractivity contribution in [3.8, 4) is 5.88 Å². The van der Waals surface area contributed by atoms with Crippen LogP contribution in [0, 0.1) is 0 Å². The van der Waals surface area contributed by atoms with Gasteiger partial charge in [0.25, 0.3) is 5.91 Å². The Labute approximate surface area is 150 Å². The first-order valence-corrected chi connectivity index (χ1v) is 9.96. The zero-order valence-corrected chi connectivity index (χ0v) is 15.2. The standard InChI is InChI=1S/C18H20N2O2S2/c1-22-16-8-3-13(11-19-16)12-20-17(21)14-4-6-15(7-5-14)18-23-9-2-10-24-18/h3-8,11,18H,2,9-10,12H2,1H3,(H,20,21). The van der Waals surface area contributed by atoms with Crippen LogP contribution in [-0.4, -0.2) is 29.5 Å². The summed E-state index contributed by atoms with van der Waals surface area (Å²) in [6, 6.07) is 11.6. The summed E-state index contributed by atoms with van der Waals surface area (Å²) in [5, 5.41) is 2.92. The molecule has 1 aromatic heterocycles. The van der Waals surface area contributed by atoms with E-state index in [4.69, 9.17) is 4.74 Å². The highest BCUT2D eigenvalue weighted by atomic mass is 32.2. The lowest BCUT2D eigenvalue weighted by atomic mass is 10.1. The first-order chi connectivity index (χ1) is 11.8. The van der Waals surface area contributed by atoms with Gasteiger partial charge in [0.2, 0.25) is 5.88 Å². The van der Waals surface area contributed by atoms with Crippen molar-refractivity contribution >= 4 is 29.4 Å². The average Bonchev–Trinajstić information content (AvgIpc) is 2.67. The zero-order valence-electron chi connectivity index (χ0n) is 13.5. The number of nitrogens with zero attached hydrogens (tertiary/aromatic N) is 1. The number of methoxy groups -OCH3 is 1. The number of thioether (sulfide) groups is 2. The highest BCUT2D eigenvalue weighted by Crippen LogP contribution is 2.43. The first-order valence-electron chi connectivity index (χ1n) is 7.86. The Balaban J connectivity index is 1.56. The number of hydrogen-bond acceptors (Lipinski definition) is 5. The zero-order chi connectivity index (χ0) is 16.8. The Hall–Kier alpha value is -1.66. The number of rotatable bonds is 5. The number of benzene rings is 1. The van der Waals surface area contributed by atoms with Gasteiger partial charge >= 0.3 is 0 Å². The highest BCUT2D eigenvalue weighted by Gasteiger charge is 2.16. The van der Waals surface area contributed by atoms with E-state index in [0.717, 1.165) is 5.56 Å². The molecule has 24 heavy (non-hydrogen) atoms. The molecule has 0 bridgehead atoms. The number of aromatic nitrogens is 1. The molecule has 1 fully saturated rings. The van der Waals surface area contributed by atoms with Gasteiger partial charge in [0.15, 0.2) is 0 Å². The minimum atomic E-state index is -0.0682. The summed E-state index contributed by atoms with van der Waals surface area (Å²) in [4.78, 5) is 16.4. The molecule has 3 rings (SSSR count). The first kappa shape index (κ1) is 17.2. The maximum atomic E-state index is 12.3. The van der Waals surface area contributed by atoms with Crippen molar-refractivity contribution < 1.29 is 9.53 Å². The van der Waals surface area contributed by atoms with Gasteiger partial charge in [0, 0.05) is 24.4 Å². The van der Waals surface area contributed by atoms with E-state index in [1.165, 1.54) is 23.5 Å². The van der Waals surface area contributed by atoms with Crippen LogP contribution in [0.4, 0.5) is 0 Å². The molecule has 0 aliphatic carbocycles. The monoisotopic (exact) mass is 360 g/mol. The third kappa shape index (κ3) is 4.45. The molecular formula is C18H20N2O2S2. The van der Waals surface area contributed by atoms with Crippen LogP contribution in [0.1, 0.15) is 32.5 Å². The number of ether oxygens (including phenoxy) is 1. The topological polar surface area (TPSA) is 51.2 Å². The summed E-state index contributed by atoms with van der Waals surface area (Å²) in [5.74, 6) is 2.94. The second kappa shape index (κ2) is 8.44. The summed E-state index contributed by atoms with van der Waals surface area (Å²) in [6.07, 6.45) is 2.99. The van der Waals surface area contributed by atoms with Crippen LogP contribution in [0.15, 0.2) is 42.6 Å². The Bertz CT molecular complexity index is 668. The molecule has 0 spiro atoms. The summed E-state index contributed by atoms with van der Waals surface area (Å²) >= 11 is 3.97. The quantitative estimate of drug-likeness (QED) is 0.877. The molecule has 1 saturated heterocycles. The summed E-state index contributed by atoms with van der Waals surface area (Å²) in [5.41, 5.74) is 2.92. The fraction of sp³-hybridized carbons (Fsp3) is 0.333. The van der Waals surface area contributed by atoms with Crippen molar-refractivity contribution in [2.24, 2.45) is 0 Å². The molecule has 1 N–H and O–H groups in total. The van der Waals surface area contributed by atoms with Gasteiger partial charge in [-0.1, -0.05) is 18.2 Å². The number of pyridine rings is 1. The molecule has 0 unspecified atom stereocenters. The summed E-state index contributed by atoms with van der Waals surface area (Å²) in [7, 11) is 1.58. The third-order valence-corrected chi connectivity index (χ3v) is 6.75. The van der Waals surface area contributed by atoms with Gasteiger partial charge in [-0.2, -0.15) is 0 Å². The van der Waals surface area contributed by atoms with Crippen LogP contribution in [-0.2, 0) is 6.54 Å². The second-order valence-electron chi connectivity index (χ2n) is 5.44. The molecule has 1 aliphatic heterocycles. The fourth-order valence-electron chi connectivity index (χ4n) is 2.39. The van der Waals surface area contributed by atoms with Crippen molar-refractivity contribution in [2.75, 3.05) is 18.6 Å². The molecule has 6 heteroatoms. The van der Waals surface area contributed by atoms with Gasteiger partial charge in [-0.25, -0.2) is 4.98 Å². The SMILES string of the molecule is COc1ccc(CNC(=O)c2ccc(C3SCCCS3)cc2)cn1. The molecule has 0 saturated carbocycles. The second-order valence-corrected chi connectivity index (χ2v) is 8.16. The van der Waals surface area contributed by atoms with Gasteiger partial charge in [-0.05, 0) is 41.2 Å². The van der Waals surface area contributed by atoms with E-state index in [9.17, 15) is 4.79 Å². The predicted octanol–water partition coefficient (Wildman–Crippen LogP) is 3.89. The van der Waals surface area contributed by atoms with Crippen LogP contribution in [0.25, 0.3) is 0 Å². The largest absolute Gasteiger partial charge is 0.481 e. The molecule has 1 aromatic carbocycles. The number of amides is 1. The maximum Gasteiger partial charge on any atom is 0.251 e. The van der Waals surface area contributed by atoms with Crippen molar-refractivity contribution in [1.82, 2.24) is 10.3 Å². The Morgan fingerprint density at radius 3 is 2.58 bits per heavy atom. The van der Waals surface area contributed by atoms with Gasteiger partial charge in [0.05, 0.1) is 11.7 Å². The van der Waals surface area contributed by atoms with E-state index in [0.29, 0.717) is 22.6 Å². The van der Waals surface area contributed by atoms with E-state index in [2.05, 4.69) is 22.4 Å². The van der Waals surface area contributed by atoms with E-state index >= 15 is 0 Å². The van der Waals surface area contributed by atoms with Crippen LogP contribution in [0.3, 0.4) is 0 Å². The molecule has 2 heterocycles. The number of carbonyl (C=O) groups is 1. The van der Waals surface area contributed by atoms with Crippen molar-refractivity contribution in [2.45, 2.75) is 17.5 Å². The van der Waals surface area contributed by atoms with E-state index < -0.39 is 0 Å². The number of carbonyl (C=O) groups excluding carboxylic acids is 1. The predicted molar refractivity (Wildman–Crippen MR) is 101 cm³/mol. The van der Waals surface area contributed by atoms with Crippen LogP contribution in [0.5, 0.6) is 5.88 Å². The Kier molecular flexibility index (Phi) is 6.04. The third-order valence-electron chi connectivity index (χ3n) is 3.73. The summed E-state index contributed by atoms with van der Waals surface area (Å²) in [6.45, 7) is 0.450. The van der Waals surface area contributed by atoms with E-state index in [1.807, 2.05) is 41.7 Å². The number of nitrogens with one attached hydrogen (secondary N) is 1. The number of hydrogen-bond donors (Lipinski definition) is 1. The molecule has 1 aliphatic rings. The van der Waals surface area contributed by atoms with Gasteiger partial charge < -0.3 is 10.1 Å². The normalized spacial score (nSPS) is 15.0. The highest BCUT2D eigenvalue weighted by molar-refractivity contribution is 8.16.